The van der Waals surface area contributed by atoms with Gasteiger partial charge in [0.15, 0.2) is 0 Å². The van der Waals surface area contributed by atoms with E-state index < -0.39 is 0 Å². The van der Waals surface area contributed by atoms with Gasteiger partial charge < -0.3 is 5.32 Å². The molecule has 0 heterocycles. The summed E-state index contributed by atoms with van der Waals surface area (Å²) in [6.45, 7) is 2.13. The zero-order valence-corrected chi connectivity index (χ0v) is 9.62. The summed E-state index contributed by atoms with van der Waals surface area (Å²) in [5.74, 6) is 1.04. The monoisotopic (exact) mass is 215 g/mol. The Morgan fingerprint density at radius 2 is 2.06 bits per heavy atom. The molecule has 1 aromatic rings. The summed E-state index contributed by atoms with van der Waals surface area (Å²) in [6.07, 6.45) is 4.67. The molecule has 1 N–H and O–H groups in total. The fraction of sp³-hybridized carbons (Fsp3) is 0.500. The van der Waals surface area contributed by atoms with Crippen LogP contribution in [0.25, 0.3) is 0 Å². The number of carbonyl (C=O) groups excluding carboxylic acids is 1. The minimum Gasteiger partial charge on any atom is -0.326 e. The number of fused-ring (bicyclic) bond motifs is 1. The van der Waals surface area contributed by atoms with E-state index in [0.717, 1.165) is 12.1 Å². The molecule has 16 heavy (non-hydrogen) atoms. The van der Waals surface area contributed by atoms with Gasteiger partial charge in [0, 0.05) is 11.6 Å². The fourth-order valence-corrected chi connectivity index (χ4v) is 2.57. The first kappa shape index (κ1) is 9.88. The van der Waals surface area contributed by atoms with Gasteiger partial charge in [0.05, 0.1) is 0 Å². The van der Waals surface area contributed by atoms with Gasteiger partial charge in [-0.1, -0.05) is 13.0 Å². The van der Waals surface area contributed by atoms with Crippen molar-refractivity contribution < 1.29 is 4.79 Å². The lowest BCUT2D eigenvalue weighted by molar-refractivity contribution is -0.117. The zero-order chi connectivity index (χ0) is 11.1. The Kier molecular flexibility index (Phi) is 2.23. The molecular formula is C14H17NO. The summed E-state index contributed by atoms with van der Waals surface area (Å²) >= 11 is 0. The number of aryl methyl sites for hydroxylation is 2. The second-order valence-corrected chi connectivity index (χ2v) is 5.15. The van der Waals surface area contributed by atoms with Crippen LogP contribution in [0.2, 0.25) is 0 Å². The van der Waals surface area contributed by atoms with Crippen LogP contribution in [0.4, 0.5) is 5.69 Å². The summed E-state index contributed by atoms with van der Waals surface area (Å²) < 4.78 is 0. The Balaban J connectivity index is 1.73. The maximum Gasteiger partial charge on any atom is 0.227 e. The molecule has 2 heteroatoms. The molecule has 1 saturated carbocycles. The van der Waals surface area contributed by atoms with E-state index in [-0.39, 0.29) is 11.8 Å². The van der Waals surface area contributed by atoms with Crippen LogP contribution in [0, 0.1) is 11.8 Å². The molecule has 0 spiro atoms. The number of anilines is 1. The van der Waals surface area contributed by atoms with Crippen LogP contribution in [-0.2, 0) is 17.6 Å². The standard InChI is InChI=1S/C14H17NO/c1-9-7-13(9)14(16)15-12-6-5-10-3-2-4-11(10)8-12/h5-6,8-9,13H,2-4,7H2,1H3,(H,15,16)/t9-,13-/m1/s1. The molecule has 2 atom stereocenters. The Bertz CT molecular complexity index is 438. The zero-order valence-electron chi connectivity index (χ0n) is 9.62. The fourth-order valence-electron chi connectivity index (χ4n) is 2.57. The Labute approximate surface area is 96.1 Å². The summed E-state index contributed by atoms with van der Waals surface area (Å²) in [7, 11) is 0. The van der Waals surface area contributed by atoms with Crippen LogP contribution in [0.3, 0.4) is 0 Å². The molecule has 3 rings (SSSR count). The third-order valence-electron chi connectivity index (χ3n) is 3.81. The SMILES string of the molecule is C[C@@H]1C[C@H]1C(=O)Nc1ccc2c(c1)CCC2. The molecule has 2 nitrogen and oxygen atoms in total. The van der Waals surface area contributed by atoms with Crippen molar-refractivity contribution in [3.05, 3.63) is 29.3 Å². The van der Waals surface area contributed by atoms with Crippen molar-refractivity contribution in [3.63, 3.8) is 0 Å². The summed E-state index contributed by atoms with van der Waals surface area (Å²) in [6, 6.07) is 6.34. The Hall–Kier alpha value is -1.31. The summed E-state index contributed by atoms with van der Waals surface area (Å²) in [5.41, 5.74) is 3.85. The van der Waals surface area contributed by atoms with E-state index in [1.54, 1.807) is 0 Å². The third kappa shape index (κ3) is 1.73. The molecule has 2 aliphatic rings. The largest absolute Gasteiger partial charge is 0.326 e. The predicted molar refractivity (Wildman–Crippen MR) is 64.4 cm³/mol. The van der Waals surface area contributed by atoms with E-state index in [9.17, 15) is 4.79 Å². The highest BCUT2D eigenvalue weighted by Crippen LogP contribution is 2.38. The lowest BCUT2D eigenvalue weighted by atomic mass is 10.1. The molecule has 1 fully saturated rings. The molecule has 1 amide bonds. The molecule has 0 aromatic heterocycles. The number of amides is 1. The van der Waals surface area contributed by atoms with Gasteiger partial charge in [0.2, 0.25) is 5.91 Å². The quantitative estimate of drug-likeness (QED) is 0.807. The molecule has 2 aliphatic carbocycles. The first-order valence-corrected chi connectivity index (χ1v) is 6.17. The number of hydrogen-bond donors (Lipinski definition) is 1. The van der Waals surface area contributed by atoms with Gasteiger partial charge in [-0.3, -0.25) is 4.79 Å². The van der Waals surface area contributed by atoms with Gasteiger partial charge in [0.1, 0.15) is 0 Å². The van der Waals surface area contributed by atoms with Gasteiger partial charge in [-0.2, -0.15) is 0 Å². The molecule has 0 saturated heterocycles. The predicted octanol–water partition coefficient (Wildman–Crippen LogP) is 2.77. The second-order valence-electron chi connectivity index (χ2n) is 5.15. The first-order valence-electron chi connectivity index (χ1n) is 6.17. The van der Waals surface area contributed by atoms with Crippen molar-refractivity contribution >= 4 is 11.6 Å². The van der Waals surface area contributed by atoms with Crippen molar-refractivity contribution in [1.82, 2.24) is 0 Å². The van der Waals surface area contributed by atoms with Crippen molar-refractivity contribution in [2.24, 2.45) is 11.8 Å². The van der Waals surface area contributed by atoms with Crippen LogP contribution in [-0.4, -0.2) is 5.91 Å². The average molecular weight is 215 g/mol. The van der Waals surface area contributed by atoms with Crippen LogP contribution in [0.1, 0.15) is 30.9 Å². The van der Waals surface area contributed by atoms with Gasteiger partial charge in [-0.25, -0.2) is 0 Å². The van der Waals surface area contributed by atoms with Crippen LogP contribution >= 0.6 is 0 Å². The minimum absolute atomic E-state index is 0.199. The molecule has 0 unspecified atom stereocenters. The summed E-state index contributed by atoms with van der Waals surface area (Å²) in [4.78, 5) is 11.8. The maximum absolute atomic E-state index is 11.8. The maximum atomic E-state index is 11.8. The lowest BCUT2D eigenvalue weighted by Gasteiger charge is -2.06. The summed E-state index contributed by atoms with van der Waals surface area (Å²) in [5, 5.41) is 3.03. The highest BCUT2D eigenvalue weighted by molar-refractivity contribution is 5.94. The molecule has 1 aromatic carbocycles. The molecule has 0 bridgehead atoms. The number of benzene rings is 1. The average Bonchev–Trinajstić information content (AvgIpc) is 2.83. The van der Waals surface area contributed by atoms with E-state index in [1.807, 2.05) is 6.07 Å². The van der Waals surface area contributed by atoms with E-state index in [4.69, 9.17) is 0 Å². The molecule has 84 valence electrons. The Morgan fingerprint density at radius 3 is 2.81 bits per heavy atom. The number of hydrogen-bond acceptors (Lipinski definition) is 1. The topological polar surface area (TPSA) is 29.1 Å². The van der Waals surface area contributed by atoms with Crippen LogP contribution in [0.5, 0.6) is 0 Å². The van der Waals surface area contributed by atoms with Crippen molar-refractivity contribution in [3.8, 4) is 0 Å². The van der Waals surface area contributed by atoms with Crippen LogP contribution in [0.15, 0.2) is 18.2 Å². The van der Waals surface area contributed by atoms with Crippen molar-refractivity contribution in [2.75, 3.05) is 5.32 Å². The van der Waals surface area contributed by atoms with Gasteiger partial charge in [-0.15, -0.1) is 0 Å². The highest BCUT2D eigenvalue weighted by atomic mass is 16.2. The lowest BCUT2D eigenvalue weighted by Crippen LogP contribution is -2.14. The second kappa shape index (κ2) is 3.62. The van der Waals surface area contributed by atoms with Gasteiger partial charge in [-0.05, 0) is 54.9 Å². The minimum atomic E-state index is 0.199. The molecule has 0 aliphatic heterocycles. The van der Waals surface area contributed by atoms with E-state index in [2.05, 4.69) is 24.4 Å². The van der Waals surface area contributed by atoms with Crippen molar-refractivity contribution in [1.29, 1.82) is 0 Å². The Morgan fingerprint density at radius 1 is 1.31 bits per heavy atom. The van der Waals surface area contributed by atoms with E-state index in [0.29, 0.717) is 5.92 Å². The molecule has 0 radical (unpaired) electrons. The number of rotatable bonds is 2. The smallest absolute Gasteiger partial charge is 0.227 e. The van der Waals surface area contributed by atoms with Crippen molar-refractivity contribution in [2.45, 2.75) is 32.6 Å². The number of carbonyl (C=O) groups is 1. The molecular weight excluding hydrogens is 198 g/mol. The van der Waals surface area contributed by atoms with Gasteiger partial charge in [0.25, 0.3) is 0 Å². The normalized spacial score (nSPS) is 26.3. The third-order valence-corrected chi connectivity index (χ3v) is 3.81. The van der Waals surface area contributed by atoms with E-state index >= 15 is 0 Å². The van der Waals surface area contributed by atoms with E-state index in [1.165, 1.54) is 30.4 Å². The van der Waals surface area contributed by atoms with Crippen LogP contribution < -0.4 is 5.32 Å². The van der Waals surface area contributed by atoms with Gasteiger partial charge >= 0.3 is 0 Å². The highest BCUT2D eigenvalue weighted by Gasteiger charge is 2.39. The first-order chi connectivity index (χ1) is 7.74. The number of nitrogens with one attached hydrogen (secondary N) is 1.